The normalized spacial score (nSPS) is 17.4. The first kappa shape index (κ1) is 7.95. The quantitative estimate of drug-likeness (QED) is 0.558. The van der Waals surface area contributed by atoms with Crippen molar-refractivity contribution in [1.82, 2.24) is 0 Å². The van der Waals surface area contributed by atoms with Crippen LogP contribution in [-0.2, 0) is 4.79 Å². The molecular weight excluding hydrogens is 173 g/mol. The second-order valence-electron chi connectivity index (χ2n) is 1.57. The summed E-state index contributed by atoms with van der Waals surface area (Å²) in [4.78, 5) is 9.89. The van der Waals surface area contributed by atoms with Crippen molar-refractivity contribution >= 4 is 22.0 Å². The van der Waals surface area contributed by atoms with Gasteiger partial charge in [0.1, 0.15) is 0 Å². The molecule has 0 aromatic carbocycles. The fraction of sp³-hybridized carbons (Fsp3) is 0.750. The van der Waals surface area contributed by atoms with E-state index in [9.17, 15) is 4.79 Å². The molecule has 2 atom stereocenters. The minimum absolute atomic E-state index is 0.104. The molecule has 0 amide bonds. The van der Waals surface area contributed by atoms with Gasteiger partial charge in [0.25, 0.3) is 0 Å². The van der Waals surface area contributed by atoms with Gasteiger partial charge in [0, 0.05) is 0 Å². The molecule has 0 spiro atoms. The molecule has 0 heterocycles. The molecule has 0 saturated carbocycles. The summed E-state index contributed by atoms with van der Waals surface area (Å²) < 4.78 is 0. The Morgan fingerprint density at radius 1 is 1.88 bits per heavy atom. The van der Waals surface area contributed by atoms with Gasteiger partial charge in [-0.2, -0.15) is 0 Å². The molecule has 0 rings (SSSR count). The third-order valence-electron chi connectivity index (χ3n) is 0.791. The first-order valence-corrected chi connectivity index (χ1v) is 3.19. The van der Waals surface area contributed by atoms with E-state index < -0.39 is 12.0 Å². The summed E-state index contributed by atoms with van der Waals surface area (Å²) in [6, 6.07) is -0.769. The number of carbonyl (C=O) groups is 1. The van der Waals surface area contributed by atoms with Crippen molar-refractivity contribution in [2.24, 2.45) is 5.73 Å². The molecule has 0 aliphatic carbocycles. The Bertz CT molecular complexity index is 94.0. The van der Waals surface area contributed by atoms with Crippen molar-refractivity contribution in [3.8, 4) is 0 Å². The summed E-state index contributed by atoms with van der Waals surface area (Å²) in [7, 11) is 0. The predicted molar refractivity (Wildman–Crippen MR) is 30.8 cm³/mol. The maximum absolute atomic E-state index is 10.00. The zero-order valence-corrected chi connectivity index (χ0v) is 6.21. The number of nitrogens with two attached hydrogens (primary N) is 1. The van der Waals surface area contributed by atoms with Crippen LogP contribution in [0.3, 0.4) is 0 Å². The molecule has 47 valence electrons. The zero-order chi connectivity index (χ0) is 6.73. The third kappa shape index (κ3) is 2.31. The van der Waals surface area contributed by atoms with Crippen molar-refractivity contribution in [2.45, 2.75) is 17.8 Å². The Morgan fingerprint density at radius 3 is 2.25 bits per heavy atom. The first-order chi connectivity index (χ1) is 3.55. The Balaban J connectivity index is 3.64. The van der Waals surface area contributed by atoms with E-state index in [-0.39, 0.29) is 4.82 Å². The van der Waals surface area contributed by atoms with E-state index in [0.29, 0.717) is 0 Å². The van der Waals surface area contributed by atoms with E-state index in [1.165, 1.54) is 0 Å². The molecule has 4 heteroatoms. The van der Waals surface area contributed by atoms with E-state index in [1.54, 1.807) is 6.92 Å². The Morgan fingerprint density at radius 2 is 2.25 bits per heavy atom. The summed E-state index contributed by atoms with van der Waals surface area (Å²) >= 11 is 2.62. The molecule has 0 aliphatic heterocycles. The van der Waals surface area contributed by atoms with Crippen LogP contribution < -0.4 is 5.73 Å². The molecule has 1 radical (unpaired) electrons. The van der Waals surface area contributed by atoms with Crippen LogP contribution in [0.25, 0.3) is 0 Å². The van der Waals surface area contributed by atoms with Gasteiger partial charge in [-0.3, -0.25) is 0 Å². The number of hydrogen-bond donors (Lipinski definition) is 2. The number of carboxylic acids is 1. The molecule has 2 unspecified atom stereocenters. The second kappa shape index (κ2) is 3.07. The van der Waals surface area contributed by atoms with E-state index in [2.05, 4.69) is 16.0 Å². The van der Waals surface area contributed by atoms with Crippen LogP contribution in [-0.4, -0.2) is 33.1 Å². The van der Waals surface area contributed by atoms with Gasteiger partial charge in [0.05, 0.1) is 0 Å². The SMILES string of the molecule is CC([Se])C(N)C(=O)O. The van der Waals surface area contributed by atoms with Gasteiger partial charge in [0.15, 0.2) is 0 Å². The number of hydrogen-bond acceptors (Lipinski definition) is 2. The summed E-state index contributed by atoms with van der Waals surface area (Å²) in [5.41, 5.74) is 5.13. The first-order valence-electron chi connectivity index (χ1n) is 2.20. The Labute approximate surface area is 56.1 Å². The molecule has 8 heavy (non-hydrogen) atoms. The van der Waals surface area contributed by atoms with Gasteiger partial charge in [-0.25, -0.2) is 0 Å². The molecule has 0 aromatic rings. The standard InChI is InChI=1S/C4H8NO2Se/c1-2(8)3(5)4(6)7/h2-3H,5H2,1H3,(H,6,7). The molecule has 0 fully saturated rings. The van der Waals surface area contributed by atoms with Crippen molar-refractivity contribution in [2.75, 3.05) is 0 Å². The molecule has 3 N–H and O–H groups in total. The van der Waals surface area contributed by atoms with Crippen LogP contribution in [0.15, 0.2) is 0 Å². The number of aliphatic carboxylic acids is 1. The third-order valence-corrected chi connectivity index (χ3v) is 1.41. The fourth-order valence-electron chi connectivity index (χ4n) is 0.201. The number of rotatable bonds is 2. The molecule has 0 aromatic heterocycles. The van der Waals surface area contributed by atoms with Crippen LogP contribution in [0.4, 0.5) is 0 Å². The monoisotopic (exact) mass is 182 g/mol. The van der Waals surface area contributed by atoms with Crippen molar-refractivity contribution in [3.63, 3.8) is 0 Å². The van der Waals surface area contributed by atoms with Crippen LogP contribution in [0.5, 0.6) is 0 Å². The van der Waals surface area contributed by atoms with Gasteiger partial charge in [-0.1, -0.05) is 0 Å². The van der Waals surface area contributed by atoms with Gasteiger partial charge >= 0.3 is 55.4 Å². The Hall–Kier alpha value is -0.0505. The van der Waals surface area contributed by atoms with E-state index >= 15 is 0 Å². The summed E-state index contributed by atoms with van der Waals surface area (Å²) in [5.74, 6) is -0.962. The topological polar surface area (TPSA) is 63.3 Å². The van der Waals surface area contributed by atoms with Crippen LogP contribution in [0.1, 0.15) is 6.92 Å². The van der Waals surface area contributed by atoms with Gasteiger partial charge < -0.3 is 0 Å². The molecule has 3 nitrogen and oxygen atoms in total. The van der Waals surface area contributed by atoms with Crippen LogP contribution in [0, 0.1) is 0 Å². The average Bonchev–Trinajstić information content (AvgIpc) is 1.64. The average molecular weight is 181 g/mol. The predicted octanol–water partition coefficient (Wildman–Crippen LogP) is -0.625. The van der Waals surface area contributed by atoms with Crippen molar-refractivity contribution in [1.29, 1.82) is 0 Å². The zero-order valence-electron chi connectivity index (χ0n) is 4.50. The van der Waals surface area contributed by atoms with Crippen LogP contribution >= 0.6 is 0 Å². The van der Waals surface area contributed by atoms with Crippen LogP contribution in [0.2, 0.25) is 4.82 Å². The van der Waals surface area contributed by atoms with E-state index in [4.69, 9.17) is 10.8 Å². The molecule has 0 aliphatic rings. The summed E-state index contributed by atoms with van der Waals surface area (Å²) in [6.07, 6.45) is 0. The van der Waals surface area contributed by atoms with Crippen molar-refractivity contribution < 1.29 is 9.90 Å². The van der Waals surface area contributed by atoms with E-state index in [1.807, 2.05) is 0 Å². The van der Waals surface area contributed by atoms with E-state index in [0.717, 1.165) is 0 Å². The van der Waals surface area contributed by atoms with Crippen molar-refractivity contribution in [3.05, 3.63) is 0 Å². The molecular formula is C4H8NO2Se. The minimum atomic E-state index is -0.962. The fourth-order valence-corrected chi connectivity index (χ4v) is 0.445. The molecule has 0 bridgehead atoms. The summed E-state index contributed by atoms with van der Waals surface area (Å²) in [5, 5.41) is 8.21. The Kier molecular flexibility index (Phi) is 3.05. The second-order valence-corrected chi connectivity index (χ2v) is 3.13. The molecule has 0 saturated heterocycles. The van der Waals surface area contributed by atoms with Gasteiger partial charge in [-0.05, 0) is 0 Å². The maximum atomic E-state index is 10.00. The van der Waals surface area contributed by atoms with Gasteiger partial charge in [0.2, 0.25) is 0 Å². The summed E-state index contributed by atoms with van der Waals surface area (Å²) in [6.45, 7) is 1.72. The number of carboxylic acid groups (broad SMARTS) is 1. The van der Waals surface area contributed by atoms with Gasteiger partial charge in [-0.15, -0.1) is 0 Å².